The molecule has 1 fully saturated rings. The largest absolute Gasteiger partial charge is 0.480 e. The van der Waals surface area contributed by atoms with Gasteiger partial charge in [-0.1, -0.05) is 28.8 Å². The first kappa shape index (κ1) is 16.4. The van der Waals surface area contributed by atoms with E-state index < -0.39 is 12.0 Å². The molecule has 1 atom stereocenters. The van der Waals surface area contributed by atoms with Crippen LogP contribution in [-0.4, -0.2) is 28.0 Å². The Labute approximate surface area is 146 Å². The van der Waals surface area contributed by atoms with E-state index in [-0.39, 0.29) is 12.3 Å². The lowest BCUT2D eigenvalue weighted by Crippen LogP contribution is -2.41. The third-order valence-corrected chi connectivity index (χ3v) is 5.45. The Morgan fingerprint density at radius 2 is 2.22 bits per heavy atom. The summed E-state index contributed by atoms with van der Waals surface area (Å²) in [5.74, 6) is -0.715. The average molecular weight is 397 g/mol. The molecule has 0 radical (unpaired) electrons. The van der Waals surface area contributed by atoms with Crippen LogP contribution in [0, 0.1) is 5.92 Å². The van der Waals surface area contributed by atoms with Crippen LogP contribution in [0.1, 0.15) is 30.7 Å². The zero-order valence-corrected chi connectivity index (χ0v) is 14.8. The number of amides is 1. The Kier molecular flexibility index (Phi) is 4.96. The molecule has 2 N–H and O–H groups in total. The summed E-state index contributed by atoms with van der Waals surface area (Å²) >= 11 is 4.98. The molecule has 3 rings (SSSR count). The Morgan fingerprint density at radius 3 is 2.91 bits per heavy atom. The van der Waals surface area contributed by atoms with Crippen LogP contribution in [0.3, 0.4) is 0 Å². The second-order valence-electron chi connectivity index (χ2n) is 5.86. The van der Waals surface area contributed by atoms with Gasteiger partial charge in [0.15, 0.2) is 0 Å². The van der Waals surface area contributed by atoms with Crippen molar-refractivity contribution in [3.05, 3.63) is 27.7 Å². The summed E-state index contributed by atoms with van der Waals surface area (Å²) in [7, 11) is 0. The molecular formula is C16H17BrN2O3S. The molecule has 0 aliphatic heterocycles. The molecule has 23 heavy (non-hydrogen) atoms. The van der Waals surface area contributed by atoms with E-state index in [0.29, 0.717) is 18.8 Å². The van der Waals surface area contributed by atoms with Crippen LogP contribution in [0.25, 0.3) is 10.2 Å². The SMILES string of the molecule is O=C(CCc1nc2cc(Br)ccc2s1)NC(CC1CC1)C(=O)O. The van der Waals surface area contributed by atoms with Crippen molar-refractivity contribution in [2.75, 3.05) is 0 Å². The molecule has 1 aromatic heterocycles. The van der Waals surface area contributed by atoms with Gasteiger partial charge in [0, 0.05) is 17.3 Å². The first-order chi connectivity index (χ1) is 11.0. The lowest BCUT2D eigenvalue weighted by molar-refractivity contribution is -0.142. The van der Waals surface area contributed by atoms with Gasteiger partial charge in [0.1, 0.15) is 6.04 Å². The summed E-state index contributed by atoms with van der Waals surface area (Å²) in [5.41, 5.74) is 0.914. The monoisotopic (exact) mass is 396 g/mol. The van der Waals surface area contributed by atoms with E-state index in [2.05, 4.69) is 26.2 Å². The van der Waals surface area contributed by atoms with E-state index in [4.69, 9.17) is 0 Å². The Bertz CT molecular complexity index is 742. The minimum Gasteiger partial charge on any atom is -0.480 e. The fourth-order valence-electron chi connectivity index (χ4n) is 2.45. The first-order valence-corrected chi connectivity index (χ1v) is 9.19. The van der Waals surface area contributed by atoms with Crippen LogP contribution in [-0.2, 0) is 16.0 Å². The third-order valence-electron chi connectivity index (χ3n) is 3.86. The molecule has 0 bridgehead atoms. The number of carboxylic acid groups (broad SMARTS) is 1. The number of rotatable bonds is 7. The molecule has 5 nitrogen and oxygen atoms in total. The minimum atomic E-state index is -0.949. The van der Waals surface area contributed by atoms with Crippen molar-refractivity contribution in [2.45, 2.75) is 38.1 Å². The van der Waals surface area contributed by atoms with E-state index in [1.807, 2.05) is 18.2 Å². The van der Waals surface area contributed by atoms with E-state index in [9.17, 15) is 14.7 Å². The number of aromatic nitrogens is 1. The number of nitrogens with one attached hydrogen (secondary N) is 1. The lowest BCUT2D eigenvalue weighted by atomic mass is 10.1. The molecule has 0 saturated heterocycles. The van der Waals surface area contributed by atoms with Crippen molar-refractivity contribution in [3.63, 3.8) is 0 Å². The zero-order chi connectivity index (χ0) is 16.4. The maximum absolute atomic E-state index is 12.0. The number of hydrogen-bond donors (Lipinski definition) is 2. The summed E-state index contributed by atoms with van der Waals surface area (Å²) in [6.45, 7) is 0. The van der Waals surface area contributed by atoms with Gasteiger partial charge in [-0.05, 0) is 30.5 Å². The number of carboxylic acids is 1. The van der Waals surface area contributed by atoms with Gasteiger partial charge in [-0.25, -0.2) is 9.78 Å². The molecule has 1 aliphatic rings. The number of thiazole rings is 1. The van der Waals surface area contributed by atoms with Gasteiger partial charge in [0.05, 0.1) is 15.2 Å². The van der Waals surface area contributed by atoms with E-state index in [1.165, 1.54) is 0 Å². The van der Waals surface area contributed by atoms with Crippen molar-refractivity contribution < 1.29 is 14.7 Å². The summed E-state index contributed by atoms with van der Waals surface area (Å²) in [6, 6.07) is 5.15. The van der Waals surface area contributed by atoms with Gasteiger partial charge in [-0.2, -0.15) is 0 Å². The first-order valence-electron chi connectivity index (χ1n) is 7.58. The second kappa shape index (κ2) is 6.97. The van der Waals surface area contributed by atoms with Crippen molar-refractivity contribution in [1.82, 2.24) is 10.3 Å². The molecule has 122 valence electrons. The summed E-state index contributed by atoms with van der Waals surface area (Å²) in [5, 5.41) is 12.7. The molecular weight excluding hydrogens is 380 g/mol. The smallest absolute Gasteiger partial charge is 0.326 e. The quantitative estimate of drug-likeness (QED) is 0.751. The Morgan fingerprint density at radius 1 is 1.43 bits per heavy atom. The fraction of sp³-hybridized carbons (Fsp3) is 0.438. The fourth-order valence-corrected chi connectivity index (χ4v) is 3.75. The highest BCUT2D eigenvalue weighted by Crippen LogP contribution is 2.33. The van der Waals surface area contributed by atoms with Gasteiger partial charge in [0.2, 0.25) is 5.91 Å². The average Bonchev–Trinajstić information content (AvgIpc) is 3.22. The van der Waals surface area contributed by atoms with Crippen molar-refractivity contribution in [3.8, 4) is 0 Å². The highest BCUT2D eigenvalue weighted by molar-refractivity contribution is 9.10. The Balaban J connectivity index is 1.55. The maximum atomic E-state index is 12.0. The lowest BCUT2D eigenvalue weighted by Gasteiger charge is -2.13. The number of carbonyl (C=O) groups is 2. The van der Waals surface area contributed by atoms with Crippen LogP contribution in [0.5, 0.6) is 0 Å². The summed E-state index contributed by atoms with van der Waals surface area (Å²) in [4.78, 5) is 27.7. The number of carbonyl (C=O) groups excluding carboxylic acids is 1. The molecule has 1 aromatic carbocycles. The molecule has 1 unspecified atom stereocenters. The van der Waals surface area contributed by atoms with E-state index >= 15 is 0 Å². The number of aryl methyl sites for hydroxylation is 1. The van der Waals surface area contributed by atoms with Gasteiger partial charge in [-0.15, -0.1) is 11.3 Å². The topological polar surface area (TPSA) is 79.3 Å². The van der Waals surface area contributed by atoms with Crippen LogP contribution >= 0.6 is 27.3 Å². The van der Waals surface area contributed by atoms with Crippen molar-refractivity contribution in [1.29, 1.82) is 0 Å². The van der Waals surface area contributed by atoms with Crippen molar-refractivity contribution >= 4 is 49.4 Å². The van der Waals surface area contributed by atoms with Gasteiger partial charge < -0.3 is 10.4 Å². The Hall–Kier alpha value is -1.47. The molecule has 0 spiro atoms. The zero-order valence-electron chi connectivity index (χ0n) is 12.4. The number of halogens is 1. The number of hydrogen-bond acceptors (Lipinski definition) is 4. The second-order valence-corrected chi connectivity index (χ2v) is 7.89. The van der Waals surface area contributed by atoms with Crippen LogP contribution in [0.15, 0.2) is 22.7 Å². The summed E-state index contributed by atoms with van der Waals surface area (Å²) in [6.07, 6.45) is 3.46. The van der Waals surface area contributed by atoms with E-state index in [0.717, 1.165) is 32.5 Å². The predicted octanol–water partition coefficient (Wildman–Crippen LogP) is 3.36. The van der Waals surface area contributed by atoms with Crippen LogP contribution in [0.2, 0.25) is 0 Å². The molecule has 7 heteroatoms. The highest BCUT2D eigenvalue weighted by atomic mass is 79.9. The van der Waals surface area contributed by atoms with Crippen molar-refractivity contribution in [2.24, 2.45) is 5.92 Å². The number of fused-ring (bicyclic) bond motifs is 1. The van der Waals surface area contributed by atoms with Crippen LogP contribution < -0.4 is 5.32 Å². The van der Waals surface area contributed by atoms with Gasteiger partial charge >= 0.3 is 5.97 Å². The number of nitrogens with zero attached hydrogens (tertiary/aromatic N) is 1. The third kappa shape index (κ3) is 4.51. The highest BCUT2D eigenvalue weighted by Gasteiger charge is 2.30. The molecule has 1 aliphatic carbocycles. The molecule has 1 saturated carbocycles. The molecule has 2 aromatic rings. The van der Waals surface area contributed by atoms with Gasteiger partial charge in [0.25, 0.3) is 0 Å². The predicted molar refractivity (Wildman–Crippen MR) is 92.5 cm³/mol. The maximum Gasteiger partial charge on any atom is 0.326 e. The summed E-state index contributed by atoms with van der Waals surface area (Å²) < 4.78 is 2.06. The number of aliphatic carboxylic acids is 1. The number of benzene rings is 1. The standard InChI is InChI=1S/C16H17BrN2O3S/c17-10-3-4-13-11(8-10)19-15(23-13)6-5-14(20)18-12(16(21)22)7-9-1-2-9/h3-4,8-9,12H,1-2,5-7H2,(H,18,20)(H,21,22). The molecule has 1 amide bonds. The van der Waals surface area contributed by atoms with Crippen LogP contribution in [0.4, 0.5) is 0 Å². The normalized spacial score (nSPS) is 15.5. The molecule has 1 heterocycles. The van der Waals surface area contributed by atoms with E-state index in [1.54, 1.807) is 11.3 Å². The minimum absolute atomic E-state index is 0.224. The van der Waals surface area contributed by atoms with Gasteiger partial charge in [-0.3, -0.25) is 4.79 Å².